The Morgan fingerprint density at radius 2 is 1.83 bits per heavy atom. The number of carbonyl (C=O) groups is 1. The number of aryl methyl sites for hydroxylation is 1. The summed E-state index contributed by atoms with van der Waals surface area (Å²) in [7, 11) is 3.31. The molecule has 1 aliphatic carbocycles. The van der Waals surface area contributed by atoms with Gasteiger partial charge >= 0.3 is 5.97 Å². The second-order valence-electron chi connectivity index (χ2n) is 7.73. The Bertz CT molecular complexity index is 836. The van der Waals surface area contributed by atoms with Crippen LogP contribution in [0.2, 0.25) is 0 Å². The number of hydrogen-bond acceptors (Lipinski definition) is 5. The van der Waals surface area contributed by atoms with E-state index in [1.807, 2.05) is 6.07 Å². The highest BCUT2D eigenvalue weighted by molar-refractivity contribution is 5.89. The fourth-order valence-electron chi connectivity index (χ4n) is 4.16. The molecule has 0 aromatic heterocycles. The lowest BCUT2D eigenvalue weighted by Crippen LogP contribution is -2.39. The first-order valence-corrected chi connectivity index (χ1v) is 10.9. The van der Waals surface area contributed by atoms with Crippen molar-refractivity contribution >= 4 is 5.97 Å². The number of carbonyl (C=O) groups excluding carboxylic acids is 1. The second kappa shape index (κ2) is 11.0. The Morgan fingerprint density at radius 3 is 2.60 bits per heavy atom. The number of esters is 1. The lowest BCUT2D eigenvalue weighted by Gasteiger charge is -2.34. The van der Waals surface area contributed by atoms with Gasteiger partial charge in [0.05, 0.1) is 26.4 Å². The van der Waals surface area contributed by atoms with Gasteiger partial charge in [0.25, 0.3) is 0 Å². The molecular weight excluding hydrogens is 378 g/mol. The monoisotopic (exact) mass is 411 g/mol. The third-order valence-electron chi connectivity index (χ3n) is 5.92. The molecule has 0 spiro atoms. The summed E-state index contributed by atoms with van der Waals surface area (Å²) < 4.78 is 15.9. The Kier molecular flexibility index (Phi) is 8.14. The van der Waals surface area contributed by atoms with Crippen LogP contribution in [0.15, 0.2) is 42.5 Å². The van der Waals surface area contributed by atoms with E-state index in [0.29, 0.717) is 24.0 Å². The summed E-state index contributed by atoms with van der Waals surface area (Å²) in [5, 5.41) is 0. The largest absolute Gasteiger partial charge is 0.497 e. The molecule has 30 heavy (non-hydrogen) atoms. The van der Waals surface area contributed by atoms with Gasteiger partial charge in [-0.25, -0.2) is 4.79 Å². The van der Waals surface area contributed by atoms with E-state index in [0.717, 1.165) is 44.5 Å². The van der Waals surface area contributed by atoms with Gasteiger partial charge in [0.15, 0.2) is 0 Å². The molecule has 0 bridgehead atoms. The molecule has 0 aliphatic heterocycles. The first kappa shape index (κ1) is 22.2. The smallest absolute Gasteiger partial charge is 0.338 e. The molecule has 162 valence electrons. The molecule has 3 rings (SSSR count). The number of fused-ring (bicyclic) bond motifs is 1. The van der Waals surface area contributed by atoms with Crippen molar-refractivity contribution in [2.24, 2.45) is 0 Å². The molecule has 1 atom stereocenters. The van der Waals surface area contributed by atoms with Crippen LogP contribution >= 0.6 is 0 Å². The highest BCUT2D eigenvalue weighted by Gasteiger charge is 2.23. The fourth-order valence-corrected chi connectivity index (χ4v) is 4.16. The lowest BCUT2D eigenvalue weighted by atomic mass is 9.87. The first-order valence-electron chi connectivity index (χ1n) is 10.9. The number of methoxy groups -OCH3 is 2. The van der Waals surface area contributed by atoms with E-state index < -0.39 is 0 Å². The molecule has 0 saturated heterocycles. The number of nitrogens with zero attached hydrogens (tertiary/aromatic N) is 1. The van der Waals surface area contributed by atoms with Crippen LogP contribution in [0.1, 0.15) is 47.7 Å². The van der Waals surface area contributed by atoms with Crippen LogP contribution < -0.4 is 9.47 Å². The van der Waals surface area contributed by atoms with Crippen molar-refractivity contribution in [3.05, 3.63) is 59.2 Å². The van der Waals surface area contributed by atoms with Gasteiger partial charge in [-0.2, -0.15) is 0 Å². The summed E-state index contributed by atoms with van der Waals surface area (Å²) in [4.78, 5) is 14.7. The van der Waals surface area contributed by atoms with E-state index >= 15 is 0 Å². The maximum absolute atomic E-state index is 12.2. The van der Waals surface area contributed by atoms with Crippen LogP contribution in [0.25, 0.3) is 0 Å². The molecule has 2 aromatic rings. The van der Waals surface area contributed by atoms with E-state index in [1.165, 1.54) is 17.5 Å². The van der Waals surface area contributed by atoms with Crippen LogP contribution in [-0.2, 0) is 17.6 Å². The van der Waals surface area contributed by atoms with Crippen molar-refractivity contribution < 1.29 is 19.0 Å². The van der Waals surface area contributed by atoms with E-state index in [1.54, 1.807) is 32.4 Å². The maximum Gasteiger partial charge on any atom is 0.338 e. The van der Waals surface area contributed by atoms with Crippen molar-refractivity contribution in [3.63, 3.8) is 0 Å². The van der Waals surface area contributed by atoms with Crippen LogP contribution in [-0.4, -0.2) is 50.8 Å². The van der Waals surface area contributed by atoms with Crippen molar-refractivity contribution in [2.75, 3.05) is 33.9 Å². The minimum Gasteiger partial charge on any atom is -0.497 e. The zero-order chi connectivity index (χ0) is 21.3. The number of hydrogen-bond donors (Lipinski definition) is 0. The average molecular weight is 412 g/mol. The van der Waals surface area contributed by atoms with Crippen LogP contribution in [0.5, 0.6) is 11.5 Å². The summed E-state index contributed by atoms with van der Waals surface area (Å²) in [6, 6.07) is 14.1. The molecule has 0 fully saturated rings. The Morgan fingerprint density at radius 1 is 1.03 bits per heavy atom. The number of rotatable bonds is 10. The van der Waals surface area contributed by atoms with Gasteiger partial charge in [-0.3, -0.25) is 0 Å². The highest BCUT2D eigenvalue weighted by atomic mass is 16.5. The maximum atomic E-state index is 12.2. The number of unbranched alkanes of at least 4 members (excludes halogenated alkanes) is 1. The molecule has 2 aromatic carbocycles. The zero-order valence-corrected chi connectivity index (χ0v) is 18.4. The third kappa shape index (κ3) is 5.76. The van der Waals surface area contributed by atoms with Gasteiger partial charge in [0.1, 0.15) is 11.5 Å². The Hall–Kier alpha value is -2.53. The second-order valence-corrected chi connectivity index (χ2v) is 7.73. The van der Waals surface area contributed by atoms with Gasteiger partial charge in [-0.05, 0) is 86.7 Å². The predicted octanol–water partition coefficient (Wildman–Crippen LogP) is 4.52. The molecular formula is C25H33NO4. The van der Waals surface area contributed by atoms with Gasteiger partial charge in [0.2, 0.25) is 0 Å². The van der Waals surface area contributed by atoms with Gasteiger partial charge in [-0.1, -0.05) is 19.1 Å². The molecule has 5 nitrogen and oxygen atoms in total. The van der Waals surface area contributed by atoms with Crippen molar-refractivity contribution in [1.29, 1.82) is 0 Å². The van der Waals surface area contributed by atoms with E-state index in [-0.39, 0.29) is 5.97 Å². The number of likely N-dealkylation sites (N-methyl/N-ethyl adjacent to an activating group) is 1. The summed E-state index contributed by atoms with van der Waals surface area (Å²) in [6.45, 7) is 4.75. The van der Waals surface area contributed by atoms with E-state index in [2.05, 4.69) is 30.0 Å². The molecule has 0 heterocycles. The SMILES string of the molecule is CCN(CCCCOC(=O)c1cccc(OC)c1)C1CCc2cc(OC)ccc2C1. The van der Waals surface area contributed by atoms with Gasteiger partial charge in [-0.15, -0.1) is 0 Å². The van der Waals surface area contributed by atoms with Crippen molar-refractivity contribution in [1.82, 2.24) is 4.90 Å². The Labute approximate surface area is 179 Å². The quantitative estimate of drug-likeness (QED) is 0.425. The van der Waals surface area contributed by atoms with Crippen molar-refractivity contribution in [2.45, 2.75) is 45.1 Å². The molecule has 0 saturated carbocycles. The minimum absolute atomic E-state index is 0.291. The van der Waals surface area contributed by atoms with Gasteiger partial charge < -0.3 is 19.1 Å². The normalized spacial score (nSPS) is 15.5. The standard InChI is InChI=1S/C25H33NO4/c1-4-26(22-12-10-20-17-24(29-3)13-11-19(20)16-22)14-5-6-15-30-25(27)21-8-7-9-23(18-21)28-2/h7-9,11,13,17-18,22H,4-6,10,12,14-16H2,1-3H3. The third-order valence-corrected chi connectivity index (χ3v) is 5.92. The molecule has 1 aliphatic rings. The summed E-state index contributed by atoms with van der Waals surface area (Å²) in [5.74, 6) is 1.32. The van der Waals surface area contributed by atoms with Crippen LogP contribution in [0, 0.1) is 0 Å². The van der Waals surface area contributed by atoms with Crippen LogP contribution in [0.4, 0.5) is 0 Å². The Balaban J connectivity index is 1.41. The molecule has 0 amide bonds. The average Bonchev–Trinajstić information content (AvgIpc) is 2.80. The number of benzene rings is 2. The zero-order valence-electron chi connectivity index (χ0n) is 18.4. The summed E-state index contributed by atoms with van der Waals surface area (Å²) in [5.41, 5.74) is 3.39. The molecule has 1 unspecified atom stereocenters. The van der Waals surface area contributed by atoms with E-state index in [9.17, 15) is 4.79 Å². The summed E-state index contributed by atoms with van der Waals surface area (Å²) >= 11 is 0. The highest BCUT2D eigenvalue weighted by Crippen LogP contribution is 2.28. The van der Waals surface area contributed by atoms with Crippen LogP contribution in [0.3, 0.4) is 0 Å². The number of ether oxygens (including phenoxy) is 3. The lowest BCUT2D eigenvalue weighted by molar-refractivity contribution is 0.0492. The van der Waals surface area contributed by atoms with Gasteiger partial charge in [0, 0.05) is 6.04 Å². The molecule has 0 radical (unpaired) electrons. The minimum atomic E-state index is -0.291. The predicted molar refractivity (Wildman–Crippen MR) is 119 cm³/mol. The molecule has 0 N–H and O–H groups in total. The molecule has 5 heteroatoms. The topological polar surface area (TPSA) is 48.0 Å². The summed E-state index contributed by atoms with van der Waals surface area (Å²) in [6.07, 6.45) is 5.26. The first-order chi connectivity index (χ1) is 14.6. The fraction of sp³-hybridized carbons (Fsp3) is 0.480. The van der Waals surface area contributed by atoms with E-state index in [4.69, 9.17) is 14.2 Å². The van der Waals surface area contributed by atoms with Crippen molar-refractivity contribution in [3.8, 4) is 11.5 Å².